The Morgan fingerprint density at radius 3 is 2.24 bits per heavy atom. The lowest BCUT2D eigenvalue weighted by molar-refractivity contribution is 0.408. The van der Waals surface area contributed by atoms with Crippen LogP contribution in [-0.4, -0.2) is 12.6 Å². The summed E-state index contributed by atoms with van der Waals surface area (Å²) in [5, 5.41) is 12.1. The Kier molecular flexibility index (Phi) is 4.14. The fourth-order valence-corrected chi connectivity index (χ4v) is 1.83. The van der Waals surface area contributed by atoms with Crippen molar-refractivity contribution in [2.75, 3.05) is 7.11 Å². The van der Waals surface area contributed by atoms with Crippen LogP contribution in [0.1, 0.15) is 30.5 Å². The second-order valence-corrected chi connectivity index (χ2v) is 4.85. The average molecular weight is 232 g/mol. The van der Waals surface area contributed by atoms with Crippen LogP contribution in [0.5, 0.6) is 5.75 Å². The first-order chi connectivity index (χ1) is 7.89. The van der Waals surface area contributed by atoms with Crippen LogP contribution in [0.3, 0.4) is 0 Å². The molecule has 0 saturated carbocycles. The molecule has 3 heteroatoms. The van der Waals surface area contributed by atoms with E-state index in [2.05, 4.69) is 23.5 Å². The van der Waals surface area contributed by atoms with E-state index in [1.165, 1.54) is 5.56 Å². The molecule has 0 saturated heterocycles. The largest absolute Gasteiger partial charge is 0.496 e. The monoisotopic (exact) mass is 232 g/mol. The molecule has 0 radical (unpaired) electrons. The molecular weight excluding hydrogens is 212 g/mol. The summed E-state index contributed by atoms with van der Waals surface area (Å²) in [6.07, 6.45) is 0. The maximum atomic E-state index is 8.93. The maximum Gasteiger partial charge on any atom is 0.124 e. The zero-order chi connectivity index (χ0) is 13.1. The molecule has 0 atom stereocenters. The summed E-state index contributed by atoms with van der Waals surface area (Å²) in [7, 11) is 1.69. The molecule has 1 aromatic carbocycles. The van der Waals surface area contributed by atoms with Crippen LogP contribution in [0.4, 0.5) is 0 Å². The normalized spacial score (nSPS) is 11.1. The number of nitriles is 1. The minimum Gasteiger partial charge on any atom is -0.496 e. The van der Waals surface area contributed by atoms with Crippen molar-refractivity contribution in [2.45, 2.75) is 39.8 Å². The Bertz CT molecular complexity index is 421. The zero-order valence-corrected chi connectivity index (χ0v) is 11.2. The summed E-state index contributed by atoms with van der Waals surface area (Å²) >= 11 is 0. The van der Waals surface area contributed by atoms with Crippen LogP contribution in [0.25, 0.3) is 0 Å². The molecule has 0 spiro atoms. The van der Waals surface area contributed by atoms with E-state index in [1.54, 1.807) is 7.11 Å². The quantitative estimate of drug-likeness (QED) is 0.868. The number of benzene rings is 1. The number of hydrogen-bond acceptors (Lipinski definition) is 3. The Morgan fingerprint density at radius 2 is 1.82 bits per heavy atom. The van der Waals surface area contributed by atoms with Crippen LogP contribution >= 0.6 is 0 Å². The average Bonchev–Trinajstić information content (AvgIpc) is 2.26. The second kappa shape index (κ2) is 5.20. The number of methoxy groups -OCH3 is 1. The standard InChI is InChI=1S/C14H20N2O/c1-10-6-12(7-11(2)13(10)17-5)8-16-14(3,4)9-15/h6-7,16H,8H2,1-5H3. The lowest BCUT2D eigenvalue weighted by Crippen LogP contribution is -2.36. The van der Waals surface area contributed by atoms with Crippen molar-refractivity contribution in [2.24, 2.45) is 0 Å². The molecule has 0 aliphatic rings. The van der Waals surface area contributed by atoms with Gasteiger partial charge in [-0.3, -0.25) is 5.32 Å². The van der Waals surface area contributed by atoms with Crippen molar-refractivity contribution in [3.63, 3.8) is 0 Å². The summed E-state index contributed by atoms with van der Waals surface area (Å²) in [6, 6.07) is 6.41. The van der Waals surface area contributed by atoms with Gasteiger partial charge < -0.3 is 4.74 Å². The highest BCUT2D eigenvalue weighted by Crippen LogP contribution is 2.24. The van der Waals surface area contributed by atoms with E-state index in [9.17, 15) is 0 Å². The summed E-state index contributed by atoms with van der Waals surface area (Å²) in [5.74, 6) is 0.938. The van der Waals surface area contributed by atoms with Gasteiger partial charge in [0.05, 0.1) is 13.2 Å². The van der Waals surface area contributed by atoms with E-state index < -0.39 is 5.54 Å². The molecule has 92 valence electrons. The molecule has 3 nitrogen and oxygen atoms in total. The lowest BCUT2D eigenvalue weighted by atomic mass is 10.0. The number of ether oxygens (including phenoxy) is 1. The van der Waals surface area contributed by atoms with Crippen molar-refractivity contribution in [3.8, 4) is 11.8 Å². The van der Waals surface area contributed by atoms with Crippen LogP contribution in [0, 0.1) is 25.2 Å². The van der Waals surface area contributed by atoms with E-state index in [-0.39, 0.29) is 0 Å². The number of nitrogens with one attached hydrogen (secondary N) is 1. The Labute approximate surface area is 103 Å². The number of hydrogen-bond donors (Lipinski definition) is 1. The van der Waals surface area contributed by atoms with Crippen LogP contribution < -0.4 is 10.1 Å². The highest BCUT2D eigenvalue weighted by atomic mass is 16.5. The Hall–Kier alpha value is -1.53. The third-order valence-corrected chi connectivity index (χ3v) is 2.74. The molecule has 1 rings (SSSR count). The summed E-state index contributed by atoms with van der Waals surface area (Å²) in [4.78, 5) is 0. The first kappa shape index (κ1) is 13.5. The summed E-state index contributed by atoms with van der Waals surface area (Å²) in [5.41, 5.74) is 2.92. The van der Waals surface area contributed by atoms with E-state index in [0.29, 0.717) is 6.54 Å². The van der Waals surface area contributed by atoms with Crippen molar-refractivity contribution >= 4 is 0 Å². The molecule has 1 aromatic rings. The minimum atomic E-state index is -0.498. The molecule has 17 heavy (non-hydrogen) atoms. The van der Waals surface area contributed by atoms with Crippen molar-refractivity contribution in [1.82, 2.24) is 5.32 Å². The van der Waals surface area contributed by atoms with Crippen LogP contribution in [0.2, 0.25) is 0 Å². The zero-order valence-electron chi connectivity index (χ0n) is 11.2. The predicted octanol–water partition coefficient (Wildman–Crippen LogP) is 2.70. The van der Waals surface area contributed by atoms with Crippen molar-refractivity contribution in [3.05, 3.63) is 28.8 Å². The lowest BCUT2D eigenvalue weighted by Gasteiger charge is -2.18. The van der Waals surface area contributed by atoms with Gasteiger partial charge >= 0.3 is 0 Å². The molecular formula is C14H20N2O. The van der Waals surface area contributed by atoms with Crippen molar-refractivity contribution in [1.29, 1.82) is 5.26 Å². The molecule has 0 unspecified atom stereocenters. The number of rotatable bonds is 4. The summed E-state index contributed by atoms with van der Waals surface area (Å²) in [6.45, 7) is 8.49. The van der Waals surface area contributed by atoms with Gasteiger partial charge in [0.15, 0.2) is 0 Å². The smallest absolute Gasteiger partial charge is 0.124 e. The Balaban J connectivity index is 2.85. The van der Waals surface area contributed by atoms with Gasteiger partial charge in [-0.25, -0.2) is 0 Å². The molecule has 0 aromatic heterocycles. The van der Waals surface area contributed by atoms with Gasteiger partial charge in [-0.05, 0) is 44.4 Å². The fourth-order valence-electron chi connectivity index (χ4n) is 1.83. The van der Waals surface area contributed by atoms with Gasteiger partial charge in [-0.2, -0.15) is 5.26 Å². The first-order valence-electron chi connectivity index (χ1n) is 5.70. The second-order valence-electron chi connectivity index (χ2n) is 4.85. The molecule has 0 fully saturated rings. The van der Waals surface area contributed by atoms with E-state index in [1.807, 2.05) is 27.7 Å². The topological polar surface area (TPSA) is 45.0 Å². The van der Waals surface area contributed by atoms with Crippen LogP contribution in [-0.2, 0) is 6.54 Å². The predicted molar refractivity (Wildman–Crippen MR) is 69.0 cm³/mol. The van der Waals surface area contributed by atoms with E-state index in [4.69, 9.17) is 10.00 Å². The van der Waals surface area contributed by atoms with Gasteiger partial charge in [0.1, 0.15) is 11.3 Å². The van der Waals surface area contributed by atoms with E-state index >= 15 is 0 Å². The summed E-state index contributed by atoms with van der Waals surface area (Å²) < 4.78 is 5.32. The molecule has 0 amide bonds. The SMILES string of the molecule is COc1c(C)cc(CNC(C)(C)C#N)cc1C. The van der Waals surface area contributed by atoms with Crippen LogP contribution in [0.15, 0.2) is 12.1 Å². The fraction of sp³-hybridized carbons (Fsp3) is 0.500. The first-order valence-corrected chi connectivity index (χ1v) is 5.70. The minimum absolute atomic E-state index is 0.498. The Morgan fingerprint density at radius 1 is 1.29 bits per heavy atom. The van der Waals surface area contributed by atoms with Gasteiger partial charge in [-0.15, -0.1) is 0 Å². The van der Waals surface area contributed by atoms with Gasteiger partial charge in [-0.1, -0.05) is 12.1 Å². The maximum absolute atomic E-state index is 8.93. The molecule has 0 heterocycles. The van der Waals surface area contributed by atoms with Crippen molar-refractivity contribution < 1.29 is 4.74 Å². The third kappa shape index (κ3) is 3.47. The molecule has 0 aliphatic carbocycles. The highest BCUT2D eigenvalue weighted by molar-refractivity contribution is 5.43. The van der Waals surface area contributed by atoms with E-state index in [0.717, 1.165) is 16.9 Å². The van der Waals surface area contributed by atoms with Gasteiger partial charge in [0, 0.05) is 6.54 Å². The third-order valence-electron chi connectivity index (χ3n) is 2.74. The molecule has 0 bridgehead atoms. The van der Waals surface area contributed by atoms with Gasteiger partial charge in [0.25, 0.3) is 0 Å². The number of nitrogens with zero attached hydrogens (tertiary/aromatic N) is 1. The molecule has 0 aliphatic heterocycles. The highest BCUT2D eigenvalue weighted by Gasteiger charge is 2.15. The molecule has 1 N–H and O–H groups in total. The van der Waals surface area contributed by atoms with Gasteiger partial charge in [0.2, 0.25) is 0 Å². The number of aryl methyl sites for hydroxylation is 2.